The fourth-order valence-corrected chi connectivity index (χ4v) is 1.96. The van der Waals surface area contributed by atoms with E-state index >= 15 is 0 Å². The number of nitrogens with zero attached hydrogens (tertiary/aromatic N) is 4. The summed E-state index contributed by atoms with van der Waals surface area (Å²) in [4.78, 5) is 8.73. The Balaban J connectivity index is 2.03. The molecule has 1 heterocycles. The van der Waals surface area contributed by atoms with Gasteiger partial charge in [0.15, 0.2) is 5.96 Å². The van der Waals surface area contributed by atoms with Crippen LogP contribution in [0.1, 0.15) is 31.3 Å². The van der Waals surface area contributed by atoms with Crippen molar-refractivity contribution < 1.29 is 0 Å². The Kier molecular flexibility index (Phi) is 5.31. The van der Waals surface area contributed by atoms with Crippen LogP contribution in [0.25, 0.3) is 0 Å². The fraction of sp³-hybridized carbons (Fsp3) is 0.400. The maximum absolute atomic E-state index is 4.55. The number of aromatic nitrogens is 3. The molecule has 112 valence electrons. The van der Waals surface area contributed by atoms with Crippen molar-refractivity contribution in [3.8, 4) is 0 Å². The molecule has 0 radical (unpaired) electrons. The zero-order valence-corrected chi connectivity index (χ0v) is 12.7. The molecule has 1 aromatic carbocycles. The van der Waals surface area contributed by atoms with Crippen LogP contribution in [0.3, 0.4) is 0 Å². The molecular formula is C15H22N6. The van der Waals surface area contributed by atoms with Crippen molar-refractivity contribution >= 4 is 5.96 Å². The van der Waals surface area contributed by atoms with Gasteiger partial charge < -0.3 is 10.6 Å². The molecule has 6 nitrogen and oxygen atoms in total. The fourth-order valence-electron chi connectivity index (χ4n) is 1.96. The molecule has 6 heteroatoms. The minimum Gasteiger partial charge on any atom is -0.357 e. The number of aryl methyl sites for hydroxylation is 1. The number of hydrogen-bond donors (Lipinski definition) is 2. The molecule has 2 aromatic rings. The normalized spacial score (nSPS) is 13.0. The largest absolute Gasteiger partial charge is 0.357 e. The second-order valence-electron chi connectivity index (χ2n) is 4.77. The average Bonchev–Trinajstić information content (AvgIpc) is 2.91. The summed E-state index contributed by atoms with van der Waals surface area (Å²) in [6, 6.07) is 10.5. The average molecular weight is 286 g/mol. The summed E-state index contributed by atoms with van der Waals surface area (Å²) >= 11 is 0. The third-order valence-corrected chi connectivity index (χ3v) is 3.18. The lowest BCUT2D eigenvalue weighted by Crippen LogP contribution is -2.38. The molecule has 1 atom stereocenters. The topological polar surface area (TPSA) is 67.1 Å². The van der Waals surface area contributed by atoms with E-state index in [1.54, 1.807) is 4.68 Å². The monoisotopic (exact) mass is 286 g/mol. The summed E-state index contributed by atoms with van der Waals surface area (Å²) in [5.74, 6) is 1.61. The minimum atomic E-state index is 0.184. The van der Waals surface area contributed by atoms with Gasteiger partial charge in [0, 0.05) is 13.6 Å². The van der Waals surface area contributed by atoms with Gasteiger partial charge in [-0.25, -0.2) is 9.98 Å². The van der Waals surface area contributed by atoms with Gasteiger partial charge in [0.1, 0.15) is 18.7 Å². The highest BCUT2D eigenvalue weighted by Gasteiger charge is 2.07. The Hall–Kier alpha value is -2.37. The predicted molar refractivity (Wildman–Crippen MR) is 83.8 cm³/mol. The van der Waals surface area contributed by atoms with Crippen LogP contribution in [0.15, 0.2) is 41.7 Å². The Bertz CT molecular complexity index is 575. The molecule has 0 aliphatic carbocycles. The Morgan fingerprint density at radius 2 is 2.10 bits per heavy atom. The number of guanidine groups is 1. The smallest absolute Gasteiger partial charge is 0.192 e. The molecular weight excluding hydrogens is 264 g/mol. The maximum atomic E-state index is 4.55. The molecule has 2 N–H and O–H groups in total. The van der Waals surface area contributed by atoms with Crippen molar-refractivity contribution in [3.63, 3.8) is 0 Å². The van der Waals surface area contributed by atoms with Crippen molar-refractivity contribution in [1.82, 2.24) is 25.4 Å². The Morgan fingerprint density at radius 3 is 2.71 bits per heavy atom. The third kappa shape index (κ3) is 4.30. The van der Waals surface area contributed by atoms with Gasteiger partial charge in [-0.1, -0.05) is 30.3 Å². The van der Waals surface area contributed by atoms with Crippen LogP contribution in [0.4, 0.5) is 0 Å². The van der Waals surface area contributed by atoms with Crippen LogP contribution in [-0.4, -0.2) is 27.3 Å². The highest BCUT2D eigenvalue weighted by molar-refractivity contribution is 5.80. The summed E-state index contributed by atoms with van der Waals surface area (Å²) < 4.78 is 1.73. The molecule has 21 heavy (non-hydrogen) atoms. The Labute approximate surface area is 125 Å². The molecule has 2 rings (SSSR count). The van der Waals surface area contributed by atoms with E-state index in [2.05, 4.69) is 44.8 Å². The van der Waals surface area contributed by atoms with Crippen molar-refractivity contribution in [2.24, 2.45) is 12.0 Å². The van der Waals surface area contributed by atoms with Crippen molar-refractivity contribution in [1.29, 1.82) is 0 Å². The first-order valence-corrected chi connectivity index (χ1v) is 7.13. The van der Waals surface area contributed by atoms with Crippen LogP contribution in [-0.2, 0) is 13.6 Å². The van der Waals surface area contributed by atoms with Crippen molar-refractivity contribution in [3.05, 3.63) is 48.0 Å². The molecule has 0 spiro atoms. The molecule has 0 fully saturated rings. The van der Waals surface area contributed by atoms with E-state index in [0.29, 0.717) is 6.54 Å². The van der Waals surface area contributed by atoms with E-state index in [4.69, 9.17) is 0 Å². The van der Waals surface area contributed by atoms with Crippen LogP contribution in [0.5, 0.6) is 0 Å². The third-order valence-electron chi connectivity index (χ3n) is 3.18. The summed E-state index contributed by atoms with van der Waals surface area (Å²) in [6.45, 7) is 5.47. The summed E-state index contributed by atoms with van der Waals surface area (Å²) in [7, 11) is 1.87. The molecule has 0 saturated heterocycles. The highest BCUT2D eigenvalue weighted by Crippen LogP contribution is 2.10. The van der Waals surface area contributed by atoms with Gasteiger partial charge in [-0.05, 0) is 19.4 Å². The van der Waals surface area contributed by atoms with Gasteiger partial charge in [0.05, 0.1) is 6.04 Å². The molecule has 1 aromatic heterocycles. The van der Waals surface area contributed by atoms with E-state index in [-0.39, 0.29) is 6.04 Å². The lowest BCUT2D eigenvalue weighted by molar-refractivity contribution is 0.672. The summed E-state index contributed by atoms with van der Waals surface area (Å²) in [5.41, 5.74) is 1.22. The second-order valence-corrected chi connectivity index (χ2v) is 4.77. The number of nitrogens with one attached hydrogen (secondary N) is 2. The number of benzene rings is 1. The molecule has 0 saturated carbocycles. The quantitative estimate of drug-likeness (QED) is 0.647. The first-order chi connectivity index (χ1) is 10.2. The molecule has 0 aliphatic heterocycles. The number of rotatable bonds is 5. The van der Waals surface area contributed by atoms with Crippen LogP contribution >= 0.6 is 0 Å². The van der Waals surface area contributed by atoms with E-state index in [0.717, 1.165) is 18.3 Å². The van der Waals surface area contributed by atoms with Crippen molar-refractivity contribution in [2.45, 2.75) is 26.4 Å². The second kappa shape index (κ2) is 7.42. The molecule has 0 bridgehead atoms. The summed E-state index contributed by atoms with van der Waals surface area (Å²) in [6.07, 6.45) is 1.54. The standard InChI is InChI=1S/C15H22N6/c1-4-16-15(17-10-14-18-11-19-21(14)3)20-12(2)13-8-6-5-7-9-13/h5-9,11-12H,4,10H2,1-3H3,(H2,16,17,20). The first-order valence-electron chi connectivity index (χ1n) is 7.13. The van der Waals surface area contributed by atoms with Gasteiger partial charge >= 0.3 is 0 Å². The van der Waals surface area contributed by atoms with E-state index in [1.165, 1.54) is 11.9 Å². The van der Waals surface area contributed by atoms with Crippen LogP contribution in [0.2, 0.25) is 0 Å². The molecule has 0 aliphatic rings. The van der Waals surface area contributed by atoms with E-state index in [9.17, 15) is 0 Å². The SMILES string of the molecule is CCNC(=NCc1ncnn1C)NC(C)c1ccccc1. The molecule has 1 unspecified atom stereocenters. The minimum absolute atomic E-state index is 0.184. The van der Waals surface area contributed by atoms with Gasteiger partial charge in [0.25, 0.3) is 0 Å². The first kappa shape index (κ1) is 15.0. The van der Waals surface area contributed by atoms with Gasteiger partial charge in [0.2, 0.25) is 0 Å². The molecule has 0 amide bonds. The van der Waals surface area contributed by atoms with Crippen LogP contribution < -0.4 is 10.6 Å². The van der Waals surface area contributed by atoms with Crippen LogP contribution in [0, 0.1) is 0 Å². The Morgan fingerprint density at radius 1 is 1.33 bits per heavy atom. The van der Waals surface area contributed by atoms with E-state index < -0.39 is 0 Å². The lowest BCUT2D eigenvalue weighted by atomic mass is 10.1. The lowest BCUT2D eigenvalue weighted by Gasteiger charge is -2.18. The van der Waals surface area contributed by atoms with Crippen molar-refractivity contribution in [2.75, 3.05) is 6.54 Å². The van der Waals surface area contributed by atoms with Gasteiger partial charge in [-0.15, -0.1) is 0 Å². The predicted octanol–water partition coefficient (Wildman–Crippen LogP) is 1.63. The number of hydrogen-bond acceptors (Lipinski definition) is 3. The zero-order valence-electron chi connectivity index (χ0n) is 12.7. The van der Waals surface area contributed by atoms with Gasteiger partial charge in [-0.2, -0.15) is 5.10 Å². The zero-order chi connectivity index (χ0) is 15.1. The maximum Gasteiger partial charge on any atom is 0.192 e. The van der Waals surface area contributed by atoms with E-state index in [1.807, 2.05) is 32.2 Å². The van der Waals surface area contributed by atoms with Gasteiger partial charge in [-0.3, -0.25) is 4.68 Å². The summed E-state index contributed by atoms with van der Waals surface area (Å²) in [5, 5.41) is 10.7. The number of aliphatic imine (C=N–C) groups is 1. The highest BCUT2D eigenvalue weighted by atomic mass is 15.3.